The third-order valence-corrected chi connectivity index (χ3v) is 5.44. The van der Waals surface area contributed by atoms with Crippen LogP contribution in [0.15, 0.2) is 24.7 Å². The Labute approximate surface area is 184 Å². The molecule has 0 aromatic carbocycles. The molecule has 0 saturated heterocycles. The van der Waals surface area contributed by atoms with Gasteiger partial charge in [-0.1, -0.05) is 106 Å². The molecule has 0 atom stereocenters. The van der Waals surface area contributed by atoms with Gasteiger partial charge in [0.2, 0.25) is 0 Å². The molecule has 1 heteroatoms. The summed E-state index contributed by atoms with van der Waals surface area (Å²) in [6.45, 7) is 14.0. The van der Waals surface area contributed by atoms with Gasteiger partial charge in [0.25, 0.3) is 0 Å². The Morgan fingerprint density at radius 3 is 1.10 bits per heavy atom. The fourth-order valence-electron chi connectivity index (χ4n) is 3.54. The van der Waals surface area contributed by atoms with Crippen molar-refractivity contribution in [1.29, 1.82) is 0 Å². The van der Waals surface area contributed by atoms with E-state index in [4.69, 9.17) is 4.74 Å². The van der Waals surface area contributed by atoms with Crippen LogP contribution in [0.2, 0.25) is 0 Å². The normalized spacial score (nSPS) is 13.0. The summed E-state index contributed by atoms with van der Waals surface area (Å²) in [5, 5.41) is 0. The van der Waals surface area contributed by atoms with Crippen molar-refractivity contribution in [3.05, 3.63) is 24.7 Å². The van der Waals surface area contributed by atoms with Gasteiger partial charge in [-0.05, 0) is 61.5 Å². The maximum absolute atomic E-state index is 5.46. The Balaban J connectivity index is 3.26. The Kier molecular flexibility index (Phi) is 17.6. The van der Waals surface area contributed by atoms with Gasteiger partial charge in [-0.3, -0.25) is 0 Å². The number of rotatable bonds is 18. The van der Waals surface area contributed by atoms with E-state index in [-0.39, 0.29) is 0 Å². The first-order chi connectivity index (χ1) is 13.7. The van der Waals surface area contributed by atoms with Crippen molar-refractivity contribution >= 4 is 0 Å². The molecule has 0 aliphatic heterocycles. The molecule has 0 fully saturated rings. The highest BCUT2D eigenvalue weighted by Crippen LogP contribution is 2.23. The molecule has 0 bridgehead atoms. The van der Waals surface area contributed by atoms with E-state index in [1.54, 1.807) is 0 Å². The van der Waals surface area contributed by atoms with Crippen LogP contribution in [0.25, 0.3) is 0 Å². The zero-order valence-electron chi connectivity index (χ0n) is 21.0. The lowest BCUT2D eigenvalue weighted by atomic mass is 9.89. The van der Waals surface area contributed by atoms with Gasteiger partial charge in [0, 0.05) is 0 Å². The molecule has 0 aliphatic rings. The molecule has 0 rings (SSSR count). The standard InChI is InChI=1S/C28H54O/c1-27(2,3)23-19-15-11-7-9-13-17-21-25-29-26-22-18-14-10-8-12-16-20-24-28(4,5)6/h21-22,25-26H,7-20,23-24H2,1-6H3. The fraction of sp³-hybridized carbons (Fsp3) is 0.857. The van der Waals surface area contributed by atoms with Crippen molar-refractivity contribution in [2.24, 2.45) is 10.8 Å². The van der Waals surface area contributed by atoms with Crippen molar-refractivity contribution in [2.75, 3.05) is 0 Å². The molecule has 0 aromatic rings. The summed E-state index contributed by atoms with van der Waals surface area (Å²) < 4.78 is 5.46. The zero-order chi connectivity index (χ0) is 21.8. The second kappa shape index (κ2) is 18.1. The first-order valence-corrected chi connectivity index (χ1v) is 12.7. The Bertz CT molecular complexity index is 354. The van der Waals surface area contributed by atoms with Crippen LogP contribution < -0.4 is 0 Å². The zero-order valence-corrected chi connectivity index (χ0v) is 21.0. The fourth-order valence-corrected chi connectivity index (χ4v) is 3.54. The monoisotopic (exact) mass is 406 g/mol. The highest BCUT2D eigenvalue weighted by atomic mass is 16.5. The molecule has 0 aromatic heterocycles. The largest absolute Gasteiger partial charge is 0.473 e. The minimum atomic E-state index is 0.505. The van der Waals surface area contributed by atoms with Crippen LogP contribution >= 0.6 is 0 Å². The highest BCUT2D eigenvalue weighted by Gasteiger charge is 2.09. The average molecular weight is 407 g/mol. The van der Waals surface area contributed by atoms with Crippen molar-refractivity contribution in [1.82, 2.24) is 0 Å². The summed E-state index contributed by atoms with van der Waals surface area (Å²) >= 11 is 0. The molecule has 172 valence electrons. The first kappa shape index (κ1) is 28.3. The van der Waals surface area contributed by atoms with Crippen molar-refractivity contribution in [3.8, 4) is 0 Å². The Hall–Kier alpha value is -0.720. The van der Waals surface area contributed by atoms with Crippen LogP contribution in [0.3, 0.4) is 0 Å². The van der Waals surface area contributed by atoms with Crippen molar-refractivity contribution < 1.29 is 4.74 Å². The van der Waals surface area contributed by atoms with Crippen molar-refractivity contribution in [3.63, 3.8) is 0 Å². The van der Waals surface area contributed by atoms with Crippen LogP contribution in [-0.2, 0) is 4.74 Å². The average Bonchev–Trinajstić information content (AvgIpc) is 2.61. The molecule has 1 nitrogen and oxygen atoms in total. The molecule has 29 heavy (non-hydrogen) atoms. The van der Waals surface area contributed by atoms with Gasteiger partial charge in [-0.2, -0.15) is 0 Å². The quantitative estimate of drug-likeness (QED) is 0.162. The lowest BCUT2D eigenvalue weighted by Crippen LogP contribution is -2.03. The molecule has 0 spiro atoms. The van der Waals surface area contributed by atoms with Gasteiger partial charge < -0.3 is 4.74 Å². The van der Waals surface area contributed by atoms with Crippen LogP contribution in [0.5, 0.6) is 0 Å². The van der Waals surface area contributed by atoms with E-state index >= 15 is 0 Å². The second-order valence-corrected chi connectivity index (χ2v) is 11.3. The lowest BCUT2D eigenvalue weighted by molar-refractivity contribution is 0.356. The first-order valence-electron chi connectivity index (χ1n) is 12.7. The predicted molar refractivity (Wildman–Crippen MR) is 132 cm³/mol. The molecule has 0 aliphatic carbocycles. The third-order valence-electron chi connectivity index (χ3n) is 5.44. The summed E-state index contributed by atoms with van der Waals surface area (Å²) in [5.41, 5.74) is 1.01. The van der Waals surface area contributed by atoms with Crippen LogP contribution in [0.4, 0.5) is 0 Å². The topological polar surface area (TPSA) is 9.23 Å². The van der Waals surface area contributed by atoms with E-state index < -0.39 is 0 Å². The summed E-state index contributed by atoms with van der Waals surface area (Å²) in [4.78, 5) is 0. The predicted octanol–water partition coefficient (Wildman–Crippen LogP) is 10.4. The highest BCUT2D eigenvalue weighted by molar-refractivity contribution is 4.79. The molecular weight excluding hydrogens is 352 g/mol. The molecule has 0 saturated carbocycles. The lowest BCUT2D eigenvalue weighted by Gasteiger charge is -2.17. The van der Waals surface area contributed by atoms with E-state index in [0.717, 1.165) is 12.8 Å². The van der Waals surface area contributed by atoms with Gasteiger partial charge in [-0.15, -0.1) is 0 Å². The number of allylic oxidation sites excluding steroid dienone is 2. The number of hydrogen-bond acceptors (Lipinski definition) is 1. The van der Waals surface area contributed by atoms with Crippen LogP contribution in [0.1, 0.15) is 144 Å². The molecule has 0 unspecified atom stereocenters. The second-order valence-electron chi connectivity index (χ2n) is 11.3. The minimum Gasteiger partial charge on any atom is -0.473 e. The minimum absolute atomic E-state index is 0.505. The van der Waals surface area contributed by atoms with Gasteiger partial charge in [0.1, 0.15) is 0 Å². The molecule has 0 amide bonds. The summed E-state index contributed by atoms with van der Waals surface area (Å²) in [5.74, 6) is 0. The number of hydrogen-bond donors (Lipinski definition) is 0. The van der Waals surface area contributed by atoms with E-state index in [1.807, 2.05) is 12.5 Å². The summed E-state index contributed by atoms with van der Waals surface area (Å²) in [7, 11) is 0. The SMILES string of the molecule is CC(C)(C)CCCCCCCCC=COC=CCCCCCCCCC(C)(C)C. The van der Waals surface area contributed by atoms with E-state index in [2.05, 4.69) is 53.7 Å². The van der Waals surface area contributed by atoms with E-state index in [9.17, 15) is 0 Å². The van der Waals surface area contributed by atoms with Crippen molar-refractivity contribution in [2.45, 2.75) is 144 Å². The number of unbranched alkanes of at least 4 members (excludes halogenated alkanes) is 12. The Morgan fingerprint density at radius 1 is 0.448 bits per heavy atom. The molecule has 0 radical (unpaired) electrons. The smallest absolute Gasteiger partial charge is 0.0861 e. The summed E-state index contributed by atoms with van der Waals surface area (Å²) in [6, 6.07) is 0. The maximum atomic E-state index is 5.46. The summed E-state index contributed by atoms with van der Waals surface area (Å²) in [6.07, 6.45) is 29.5. The van der Waals surface area contributed by atoms with Gasteiger partial charge in [0.05, 0.1) is 12.5 Å². The Morgan fingerprint density at radius 2 is 0.759 bits per heavy atom. The van der Waals surface area contributed by atoms with Gasteiger partial charge >= 0.3 is 0 Å². The van der Waals surface area contributed by atoms with E-state index in [1.165, 1.54) is 89.9 Å². The number of ether oxygens (including phenoxy) is 1. The molecule has 0 heterocycles. The van der Waals surface area contributed by atoms with Crippen LogP contribution in [0, 0.1) is 10.8 Å². The third kappa shape index (κ3) is 27.3. The molecule has 0 N–H and O–H groups in total. The molecular formula is C28H54O. The van der Waals surface area contributed by atoms with E-state index in [0.29, 0.717) is 10.8 Å². The van der Waals surface area contributed by atoms with Gasteiger partial charge in [-0.25, -0.2) is 0 Å². The van der Waals surface area contributed by atoms with Gasteiger partial charge in [0.15, 0.2) is 0 Å². The maximum Gasteiger partial charge on any atom is 0.0861 e. The van der Waals surface area contributed by atoms with Crippen LogP contribution in [-0.4, -0.2) is 0 Å².